The van der Waals surface area contributed by atoms with Crippen LogP contribution in [-0.4, -0.2) is 19.6 Å². The van der Waals surface area contributed by atoms with Gasteiger partial charge in [-0.3, -0.25) is 28.1 Å². The zero-order valence-electron chi connectivity index (χ0n) is 21.6. The number of fused-ring (bicyclic) bond motifs is 1. The Kier molecular flexibility index (Phi) is 6.26. The van der Waals surface area contributed by atoms with Crippen LogP contribution in [-0.2, 0) is 18.3 Å². The van der Waals surface area contributed by atoms with E-state index in [4.69, 9.17) is 0 Å². The molecule has 1 saturated carbocycles. The van der Waals surface area contributed by atoms with Crippen LogP contribution in [0, 0.1) is 12.7 Å². The first-order chi connectivity index (χ1) is 18.1. The van der Waals surface area contributed by atoms with Gasteiger partial charge in [0.2, 0.25) is 5.91 Å². The number of aryl methyl sites for hydroxylation is 2. The number of pyridine rings is 1. The van der Waals surface area contributed by atoms with Gasteiger partial charge < -0.3 is 10.6 Å². The van der Waals surface area contributed by atoms with Gasteiger partial charge in [-0.1, -0.05) is 19.1 Å². The van der Waals surface area contributed by atoms with Crippen LogP contribution in [0.2, 0.25) is 0 Å². The van der Waals surface area contributed by atoms with Crippen molar-refractivity contribution in [2.24, 2.45) is 7.05 Å². The van der Waals surface area contributed by atoms with Crippen molar-refractivity contribution in [3.63, 3.8) is 0 Å². The van der Waals surface area contributed by atoms with Gasteiger partial charge in [-0.25, -0.2) is 9.18 Å². The molecule has 2 aromatic carbocycles. The Morgan fingerprint density at radius 2 is 1.82 bits per heavy atom. The lowest BCUT2D eigenvalue weighted by molar-refractivity contribution is -0.114. The highest BCUT2D eigenvalue weighted by atomic mass is 19.1. The lowest BCUT2D eigenvalue weighted by Gasteiger charge is -2.21. The smallest absolute Gasteiger partial charge is 0.336 e. The Labute approximate surface area is 217 Å². The van der Waals surface area contributed by atoms with E-state index in [9.17, 15) is 23.6 Å². The van der Waals surface area contributed by atoms with Crippen molar-refractivity contribution in [2.45, 2.75) is 46.1 Å². The van der Waals surface area contributed by atoms with Gasteiger partial charge >= 0.3 is 5.69 Å². The molecule has 0 atom stereocenters. The van der Waals surface area contributed by atoms with Crippen LogP contribution in [0.15, 0.2) is 56.8 Å². The van der Waals surface area contributed by atoms with Crippen LogP contribution >= 0.6 is 0 Å². The summed E-state index contributed by atoms with van der Waals surface area (Å²) in [5.41, 5.74) is 0.494. The Morgan fingerprint density at radius 3 is 2.45 bits per heavy atom. The van der Waals surface area contributed by atoms with Gasteiger partial charge in [0.25, 0.3) is 11.1 Å². The minimum Gasteiger partial charge on any atom is -0.338 e. The Hall–Kier alpha value is -4.47. The van der Waals surface area contributed by atoms with Crippen LogP contribution in [0.25, 0.3) is 16.6 Å². The number of carbonyl (C=O) groups excluding carboxylic acids is 1. The van der Waals surface area contributed by atoms with E-state index in [2.05, 4.69) is 10.6 Å². The fourth-order valence-corrected chi connectivity index (χ4v) is 4.79. The number of hydrogen-bond donors (Lipinski definition) is 2. The average molecular weight is 518 g/mol. The van der Waals surface area contributed by atoms with Crippen molar-refractivity contribution in [1.82, 2.24) is 13.7 Å². The number of anilines is 3. The highest BCUT2D eigenvalue weighted by molar-refractivity contribution is 5.94. The second-order valence-electron chi connectivity index (χ2n) is 9.61. The summed E-state index contributed by atoms with van der Waals surface area (Å²) in [6.07, 6.45) is 2.00. The minimum absolute atomic E-state index is 0.0879. The maximum absolute atomic E-state index is 15.0. The second-order valence-corrected chi connectivity index (χ2v) is 9.61. The molecule has 0 aliphatic heterocycles. The predicted molar refractivity (Wildman–Crippen MR) is 145 cm³/mol. The van der Waals surface area contributed by atoms with Crippen LogP contribution in [0.3, 0.4) is 0 Å². The van der Waals surface area contributed by atoms with Gasteiger partial charge in [0.05, 0.1) is 16.9 Å². The SMILES string of the molecule is CCc1ccc(Nc2c3c(=O)n(C4CC4)c(=O)n(-c4cccc(NC(C)=O)c4)c3c(C)c(=O)n2C)c(F)c1. The first kappa shape index (κ1) is 25.2. The third-order valence-corrected chi connectivity index (χ3v) is 6.87. The molecule has 0 spiro atoms. The average Bonchev–Trinajstić information content (AvgIpc) is 3.71. The van der Waals surface area contributed by atoms with E-state index in [0.29, 0.717) is 30.6 Å². The van der Waals surface area contributed by atoms with Crippen molar-refractivity contribution in [3.05, 3.63) is 90.6 Å². The van der Waals surface area contributed by atoms with Crippen LogP contribution in [0.5, 0.6) is 0 Å². The number of nitrogens with one attached hydrogen (secondary N) is 2. The minimum atomic E-state index is -0.578. The monoisotopic (exact) mass is 517 g/mol. The molecule has 0 radical (unpaired) electrons. The maximum atomic E-state index is 15.0. The quantitative estimate of drug-likeness (QED) is 0.404. The second kappa shape index (κ2) is 9.44. The zero-order valence-corrected chi connectivity index (χ0v) is 21.6. The van der Waals surface area contributed by atoms with E-state index in [0.717, 1.165) is 5.56 Å². The lowest BCUT2D eigenvalue weighted by atomic mass is 10.1. The zero-order chi connectivity index (χ0) is 27.3. The van der Waals surface area contributed by atoms with E-state index in [1.54, 1.807) is 43.3 Å². The van der Waals surface area contributed by atoms with Gasteiger partial charge in [-0.05, 0) is 62.1 Å². The molecule has 1 aliphatic carbocycles. The summed E-state index contributed by atoms with van der Waals surface area (Å²) in [5, 5.41) is 5.76. The third-order valence-electron chi connectivity index (χ3n) is 6.87. The van der Waals surface area contributed by atoms with Crippen LogP contribution in [0.4, 0.5) is 21.6 Å². The Morgan fingerprint density at radius 1 is 1.08 bits per heavy atom. The van der Waals surface area contributed by atoms with Gasteiger partial charge in [0.15, 0.2) is 0 Å². The number of rotatable bonds is 6. The Balaban J connectivity index is 1.88. The molecule has 0 unspecified atom stereocenters. The highest BCUT2D eigenvalue weighted by Crippen LogP contribution is 2.34. The van der Waals surface area contributed by atoms with Crippen molar-refractivity contribution in [1.29, 1.82) is 0 Å². The number of hydrogen-bond acceptors (Lipinski definition) is 5. The topological polar surface area (TPSA) is 107 Å². The van der Waals surface area contributed by atoms with E-state index in [1.807, 2.05) is 6.92 Å². The summed E-state index contributed by atoms with van der Waals surface area (Å²) in [5.74, 6) is -0.718. The molecule has 0 saturated heterocycles. The molecular formula is C28H28FN5O4. The fourth-order valence-electron chi connectivity index (χ4n) is 4.79. The van der Waals surface area contributed by atoms with Crippen molar-refractivity contribution >= 4 is 34.0 Å². The fraction of sp³-hybridized carbons (Fsp3) is 0.286. The lowest BCUT2D eigenvalue weighted by Crippen LogP contribution is -2.41. The van der Waals surface area contributed by atoms with E-state index < -0.39 is 22.6 Å². The van der Waals surface area contributed by atoms with Crippen LogP contribution < -0.4 is 27.4 Å². The normalized spacial score (nSPS) is 13.1. The largest absolute Gasteiger partial charge is 0.338 e. The van der Waals surface area contributed by atoms with E-state index >= 15 is 0 Å². The summed E-state index contributed by atoms with van der Waals surface area (Å²) in [6, 6.07) is 11.1. The first-order valence-electron chi connectivity index (χ1n) is 12.5. The molecule has 1 amide bonds. The molecule has 2 N–H and O–H groups in total. The van der Waals surface area contributed by atoms with Crippen molar-refractivity contribution in [3.8, 4) is 5.69 Å². The number of amides is 1. The molecule has 9 nitrogen and oxygen atoms in total. The molecule has 5 rings (SSSR count). The summed E-state index contributed by atoms with van der Waals surface area (Å²) in [6.45, 7) is 4.85. The summed E-state index contributed by atoms with van der Waals surface area (Å²) in [7, 11) is 1.50. The Bertz CT molecular complexity index is 1800. The van der Waals surface area contributed by atoms with Crippen LogP contribution in [0.1, 0.15) is 43.9 Å². The molecule has 4 aromatic rings. The molecule has 2 aromatic heterocycles. The van der Waals surface area contributed by atoms with E-state index in [1.165, 1.54) is 33.7 Å². The molecule has 0 bridgehead atoms. The molecular weight excluding hydrogens is 489 g/mol. The molecule has 2 heterocycles. The standard InChI is InChI=1S/C28H28FN5O4/c1-5-17-9-12-22(21(29)13-17)31-25-23-24(15(2)26(36)32(25)4)33(28(38)34(27(23)37)19-10-11-19)20-8-6-7-18(14-20)30-16(3)35/h6-9,12-14,19,31H,5,10-11H2,1-4H3,(H,30,35). The first-order valence-corrected chi connectivity index (χ1v) is 12.5. The highest BCUT2D eigenvalue weighted by Gasteiger charge is 2.31. The van der Waals surface area contributed by atoms with Gasteiger partial charge in [-0.15, -0.1) is 0 Å². The number of aromatic nitrogens is 3. The van der Waals surface area contributed by atoms with Crippen molar-refractivity contribution < 1.29 is 9.18 Å². The number of benzene rings is 2. The number of carbonyl (C=O) groups is 1. The molecule has 1 aliphatic rings. The summed E-state index contributed by atoms with van der Waals surface area (Å²) < 4.78 is 18.8. The van der Waals surface area contributed by atoms with Gasteiger partial charge in [0, 0.05) is 31.3 Å². The van der Waals surface area contributed by atoms with Gasteiger partial charge in [0.1, 0.15) is 17.0 Å². The predicted octanol–water partition coefficient (Wildman–Crippen LogP) is 3.90. The number of halogens is 1. The van der Waals surface area contributed by atoms with E-state index in [-0.39, 0.29) is 39.9 Å². The molecule has 1 fully saturated rings. The molecule has 10 heteroatoms. The van der Waals surface area contributed by atoms with Crippen molar-refractivity contribution in [2.75, 3.05) is 10.6 Å². The maximum Gasteiger partial charge on any atom is 0.336 e. The van der Waals surface area contributed by atoms with Gasteiger partial charge in [-0.2, -0.15) is 0 Å². The summed E-state index contributed by atoms with van der Waals surface area (Å²) in [4.78, 5) is 52.7. The molecule has 38 heavy (non-hydrogen) atoms. The molecule has 196 valence electrons. The summed E-state index contributed by atoms with van der Waals surface area (Å²) >= 11 is 0. The third kappa shape index (κ3) is 4.21. The number of nitrogens with zero attached hydrogens (tertiary/aromatic N) is 3.